The van der Waals surface area contributed by atoms with Crippen LogP contribution in [-0.2, 0) is 19.1 Å². The summed E-state index contributed by atoms with van der Waals surface area (Å²) >= 11 is 0. The summed E-state index contributed by atoms with van der Waals surface area (Å²) in [5.41, 5.74) is 5.90. The minimum atomic E-state index is -0.671. The van der Waals surface area contributed by atoms with Crippen LogP contribution >= 0.6 is 0 Å². The standard InChI is InChI=1S/C34H57N3O6/c1-20(7-10-30(41)37-19-22(18-27(37)32(42)43-4)36-29(40)6-5-15-35)24-8-9-25-31-26(12-14-34(24,25)3)33(2)13-11-23(38)16-21(33)17-28(31)39/h20-28,31,38-39H,5-19,35H2,1-4H3,(H,36,40)/t20-,21?,22+,23-,24-,25?,26?,27+,28+,31?,33+,34-/m1/s1. The number of methoxy groups -OCH3 is 1. The first-order valence-corrected chi connectivity index (χ1v) is 17.2. The molecular formula is C34H57N3O6. The number of esters is 1. The van der Waals surface area contributed by atoms with E-state index in [4.69, 9.17) is 10.5 Å². The number of carbonyl (C=O) groups excluding carboxylic acids is 3. The number of nitrogens with one attached hydrogen (secondary N) is 1. The third-order valence-electron chi connectivity index (χ3n) is 13.3. The van der Waals surface area contributed by atoms with Gasteiger partial charge in [0.15, 0.2) is 0 Å². The van der Waals surface area contributed by atoms with Gasteiger partial charge >= 0.3 is 5.97 Å². The number of likely N-dealkylation sites (tertiary alicyclic amines) is 1. The summed E-state index contributed by atoms with van der Waals surface area (Å²) in [6.45, 7) is 7.96. The van der Waals surface area contributed by atoms with Gasteiger partial charge in [-0.3, -0.25) is 9.59 Å². The van der Waals surface area contributed by atoms with Gasteiger partial charge in [0.05, 0.1) is 19.3 Å². The average Bonchev–Trinajstić information content (AvgIpc) is 3.56. The van der Waals surface area contributed by atoms with Crippen molar-refractivity contribution in [3.8, 4) is 0 Å². The van der Waals surface area contributed by atoms with Crippen LogP contribution in [0.25, 0.3) is 0 Å². The van der Waals surface area contributed by atoms with Gasteiger partial charge in [-0.2, -0.15) is 0 Å². The average molecular weight is 604 g/mol. The van der Waals surface area contributed by atoms with Crippen molar-refractivity contribution in [3.05, 3.63) is 0 Å². The van der Waals surface area contributed by atoms with Gasteiger partial charge in [-0.1, -0.05) is 20.8 Å². The molecule has 0 radical (unpaired) electrons. The number of amides is 2. The molecule has 0 bridgehead atoms. The Bertz CT molecular complexity index is 1040. The molecule has 4 aliphatic carbocycles. The molecule has 4 saturated carbocycles. The van der Waals surface area contributed by atoms with Crippen LogP contribution in [0.4, 0.5) is 0 Å². The van der Waals surface area contributed by atoms with Crippen molar-refractivity contribution in [1.29, 1.82) is 0 Å². The molecule has 9 heteroatoms. The number of hydrogen-bond acceptors (Lipinski definition) is 7. The van der Waals surface area contributed by atoms with Crippen LogP contribution in [0.15, 0.2) is 0 Å². The summed E-state index contributed by atoms with van der Waals surface area (Å²) in [6.07, 6.45) is 10.1. The summed E-state index contributed by atoms with van der Waals surface area (Å²) < 4.78 is 5.01. The summed E-state index contributed by atoms with van der Waals surface area (Å²) in [5, 5.41) is 24.9. The number of nitrogens with zero attached hydrogens (tertiary/aromatic N) is 1. The van der Waals surface area contributed by atoms with E-state index in [1.807, 2.05) is 0 Å². The minimum Gasteiger partial charge on any atom is -0.467 e. The molecule has 5 rings (SSSR count). The molecule has 43 heavy (non-hydrogen) atoms. The highest BCUT2D eigenvalue weighted by Gasteiger charge is 2.62. The van der Waals surface area contributed by atoms with Gasteiger partial charge in [-0.25, -0.2) is 4.79 Å². The molecule has 0 aromatic carbocycles. The highest BCUT2D eigenvalue weighted by molar-refractivity contribution is 5.86. The fourth-order valence-electron chi connectivity index (χ4n) is 11.0. The molecule has 1 saturated heterocycles. The lowest BCUT2D eigenvalue weighted by atomic mass is 9.43. The first kappa shape index (κ1) is 32.7. The number of ether oxygens (including phenoxy) is 1. The fraction of sp³-hybridized carbons (Fsp3) is 0.912. The molecule has 12 atom stereocenters. The minimum absolute atomic E-state index is 0.0504. The Morgan fingerprint density at radius 1 is 1.00 bits per heavy atom. The van der Waals surface area contributed by atoms with Crippen LogP contribution in [0, 0.1) is 46.3 Å². The van der Waals surface area contributed by atoms with E-state index in [9.17, 15) is 24.6 Å². The maximum atomic E-state index is 13.5. The molecule has 244 valence electrons. The first-order valence-electron chi connectivity index (χ1n) is 17.2. The molecular weight excluding hydrogens is 546 g/mol. The van der Waals surface area contributed by atoms with E-state index in [0.717, 1.165) is 51.4 Å². The third-order valence-corrected chi connectivity index (χ3v) is 13.3. The second-order valence-electron chi connectivity index (χ2n) is 15.4. The van der Waals surface area contributed by atoms with Crippen molar-refractivity contribution in [2.45, 2.75) is 129 Å². The number of nitrogens with two attached hydrogens (primary N) is 1. The largest absolute Gasteiger partial charge is 0.467 e. The zero-order valence-corrected chi connectivity index (χ0v) is 26.9. The molecule has 9 nitrogen and oxygen atoms in total. The van der Waals surface area contributed by atoms with E-state index in [-0.39, 0.29) is 40.9 Å². The van der Waals surface area contributed by atoms with E-state index in [1.165, 1.54) is 13.5 Å². The van der Waals surface area contributed by atoms with Gasteiger partial charge in [-0.05, 0) is 117 Å². The van der Waals surface area contributed by atoms with Crippen molar-refractivity contribution in [3.63, 3.8) is 0 Å². The Kier molecular flexibility index (Phi) is 9.84. The highest BCUT2D eigenvalue weighted by Crippen LogP contribution is 2.68. The van der Waals surface area contributed by atoms with E-state index >= 15 is 0 Å². The lowest BCUT2D eigenvalue weighted by Gasteiger charge is -2.62. The number of aliphatic hydroxyl groups is 2. The molecule has 5 N–H and O–H groups in total. The quantitative estimate of drug-likeness (QED) is 0.296. The second-order valence-corrected chi connectivity index (χ2v) is 15.4. The SMILES string of the molecule is COC(=O)[C@@H]1C[C@H](NC(=O)CCCN)CN1C(=O)CC[C@@H](C)[C@H]1CCC2C3C(CC[C@@]21C)[C@@]1(C)CC[C@@H](O)CC1C[C@@H]3O. The normalized spacial score (nSPS) is 42.9. The molecule has 1 aliphatic heterocycles. The Morgan fingerprint density at radius 3 is 2.44 bits per heavy atom. The Morgan fingerprint density at radius 2 is 1.72 bits per heavy atom. The van der Waals surface area contributed by atoms with Crippen LogP contribution in [0.3, 0.4) is 0 Å². The molecule has 5 aliphatic rings. The summed E-state index contributed by atoms with van der Waals surface area (Å²) in [5.74, 6) is 2.04. The van der Waals surface area contributed by atoms with Crippen molar-refractivity contribution < 1.29 is 29.3 Å². The lowest BCUT2D eigenvalue weighted by Crippen LogP contribution is -2.58. The van der Waals surface area contributed by atoms with Crippen molar-refractivity contribution in [2.24, 2.45) is 52.1 Å². The van der Waals surface area contributed by atoms with Crippen LogP contribution in [0.2, 0.25) is 0 Å². The molecule has 0 aromatic rings. The first-order chi connectivity index (χ1) is 20.4. The smallest absolute Gasteiger partial charge is 0.328 e. The number of hydrogen-bond donors (Lipinski definition) is 4. The Labute approximate surface area is 258 Å². The lowest BCUT2D eigenvalue weighted by molar-refractivity contribution is -0.174. The maximum absolute atomic E-state index is 13.5. The van der Waals surface area contributed by atoms with Crippen LogP contribution in [0.1, 0.15) is 104 Å². The summed E-state index contributed by atoms with van der Waals surface area (Å²) in [6, 6.07) is -0.939. The zero-order chi connectivity index (χ0) is 31.1. The molecule has 0 aromatic heterocycles. The van der Waals surface area contributed by atoms with E-state index in [1.54, 1.807) is 4.90 Å². The van der Waals surface area contributed by atoms with Gasteiger partial charge in [0.1, 0.15) is 6.04 Å². The number of rotatable bonds is 9. The predicted octanol–water partition coefficient (Wildman–Crippen LogP) is 3.39. The van der Waals surface area contributed by atoms with Crippen molar-refractivity contribution in [1.82, 2.24) is 10.2 Å². The number of carbonyl (C=O) groups is 3. The fourth-order valence-corrected chi connectivity index (χ4v) is 11.0. The van der Waals surface area contributed by atoms with Gasteiger partial charge in [-0.15, -0.1) is 0 Å². The Hall–Kier alpha value is -1.71. The van der Waals surface area contributed by atoms with Crippen LogP contribution < -0.4 is 11.1 Å². The number of fused-ring (bicyclic) bond motifs is 5. The van der Waals surface area contributed by atoms with Gasteiger partial charge in [0, 0.05) is 31.8 Å². The molecule has 1 heterocycles. The third kappa shape index (κ3) is 6.11. The van der Waals surface area contributed by atoms with Crippen molar-refractivity contribution >= 4 is 17.8 Å². The number of aliphatic hydroxyl groups excluding tert-OH is 2. The topological polar surface area (TPSA) is 142 Å². The molecule has 0 spiro atoms. The summed E-state index contributed by atoms with van der Waals surface area (Å²) in [4.78, 5) is 40.0. The zero-order valence-electron chi connectivity index (χ0n) is 26.9. The Balaban J connectivity index is 1.21. The molecule has 2 amide bonds. The molecule has 5 fully saturated rings. The van der Waals surface area contributed by atoms with Crippen LogP contribution in [0.5, 0.6) is 0 Å². The summed E-state index contributed by atoms with van der Waals surface area (Å²) in [7, 11) is 1.34. The highest BCUT2D eigenvalue weighted by atomic mass is 16.5. The van der Waals surface area contributed by atoms with Crippen molar-refractivity contribution in [2.75, 3.05) is 20.2 Å². The van der Waals surface area contributed by atoms with E-state index in [2.05, 4.69) is 26.1 Å². The van der Waals surface area contributed by atoms with E-state index in [0.29, 0.717) is 74.3 Å². The van der Waals surface area contributed by atoms with Gasteiger partial charge in [0.2, 0.25) is 11.8 Å². The van der Waals surface area contributed by atoms with Gasteiger partial charge in [0.25, 0.3) is 0 Å². The maximum Gasteiger partial charge on any atom is 0.328 e. The van der Waals surface area contributed by atoms with Gasteiger partial charge < -0.3 is 30.9 Å². The monoisotopic (exact) mass is 603 g/mol. The van der Waals surface area contributed by atoms with Crippen LogP contribution in [-0.4, -0.2) is 77.4 Å². The predicted molar refractivity (Wildman–Crippen MR) is 163 cm³/mol. The van der Waals surface area contributed by atoms with E-state index < -0.39 is 12.0 Å². The molecule has 4 unspecified atom stereocenters. The second kappa shape index (κ2) is 13.0.